The molecule has 0 aromatic heterocycles. The van der Waals surface area contributed by atoms with E-state index >= 15 is 0 Å². The third-order valence-electron chi connectivity index (χ3n) is 3.35. The van der Waals surface area contributed by atoms with Crippen molar-refractivity contribution in [1.82, 2.24) is 10.2 Å². The van der Waals surface area contributed by atoms with Crippen LogP contribution in [-0.2, 0) is 10.3 Å². The van der Waals surface area contributed by atoms with Crippen molar-refractivity contribution in [3.8, 4) is 6.07 Å². The van der Waals surface area contributed by atoms with Crippen molar-refractivity contribution >= 4 is 35.1 Å². The highest BCUT2D eigenvalue weighted by molar-refractivity contribution is 6.42. The Balaban J connectivity index is 2.50. The van der Waals surface area contributed by atoms with Gasteiger partial charge in [0.05, 0.1) is 16.1 Å². The molecule has 1 heterocycles. The first-order chi connectivity index (χ1) is 9.46. The van der Waals surface area contributed by atoms with E-state index in [0.29, 0.717) is 22.0 Å². The molecule has 3 amide bonds. The fourth-order valence-corrected chi connectivity index (χ4v) is 2.54. The zero-order chi connectivity index (χ0) is 14.9. The van der Waals surface area contributed by atoms with E-state index in [2.05, 4.69) is 5.32 Å². The lowest BCUT2D eigenvalue weighted by atomic mass is 9.87. The third-order valence-corrected chi connectivity index (χ3v) is 4.09. The van der Waals surface area contributed by atoms with E-state index in [-0.39, 0.29) is 6.54 Å². The molecule has 0 radical (unpaired) electrons. The molecule has 1 saturated heterocycles. The minimum atomic E-state index is -1.19. The van der Waals surface area contributed by atoms with Gasteiger partial charge < -0.3 is 5.32 Å². The molecule has 1 unspecified atom stereocenters. The molecule has 20 heavy (non-hydrogen) atoms. The zero-order valence-electron chi connectivity index (χ0n) is 10.6. The molecule has 0 aliphatic carbocycles. The van der Waals surface area contributed by atoms with Gasteiger partial charge in [0.15, 0.2) is 0 Å². The second-order valence-electron chi connectivity index (χ2n) is 4.37. The van der Waals surface area contributed by atoms with Gasteiger partial charge >= 0.3 is 6.03 Å². The quantitative estimate of drug-likeness (QED) is 0.689. The maximum Gasteiger partial charge on any atom is 0.326 e. The first-order valence-corrected chi connectivity index (χ1v) is 6.68. The van der Waals surface area contributed by atoms with Crippen LogP contribution in [0.15, 0.2) is 18.2 Å². The van der Waals surface area contributed by atoms with Gasteiger partial charge in [-0.15, -0.1) is 0 Å². The van der Waals surface area contributed by atoms with Crippen LogP contribution in [0, 0.1) is 11.3 Å². The molecule has 1 N–H and O–H groups in total. The van der Waals surface area contributed by atoms with E-state index in [4.69, 9.17) is 28.5 Å². The number of carbonyl (C=O) groups excluding carboxylic acids is 2. The SMILES string of the molecule is CCC1(c2ccc(Cl)c(Cl)c2)NC(=O)N(CC#N)C1=O. The fraction of sp³-hybridized carbons (Fsp3) is 0.308. The number of imide groups is 1. The highest BCUT2D eigenvalue weighted by atomic mass is 35.5. The van der Waals surface area contributed by atoms with Gasteiger partial charge in [0.2, 0.25) is 0 Å². The summed E-state index contributed by atoms with van der Waals surface area (Å²) in [5.41, 5.74) is -0.643. The van der Waals surface area contributed by atoms with E-state index in [1.807, 2.05) is 0 Å². The van der Waals surface area contributed by atoms with Crippen LogP contribution in [0.3, 0.4) is 0 Å². The first kappa shape index (κ1) is 14.6. The Labute approximate surface area is 126 Å². The summed E-state index contributed by atoms with van der Waals surface area (Å²) < 4.78 is 0. The van der Waals surface area contributed by atoms with Crippen molar-refractivity contribution in [2.45, 2.75) is 18.9 Å². The van der Waals surface area contributed by atoms with E-state index < -0.39 is 17.5 Å². The van der Waals surface area contributed by atoms with Gasteiger partial charge in [0.25, 0.3) is 5.91 Å². The average Bonchev–Trinajstić information content (AvgIpc) is 2.67. The van der Waals surface area contributed by atoms with Crippen molar-refractivity contribution in [2.75, 3.05) is 6.54 Å². The molecule has 5 nitrogen and oxygen atoms in total. The molecule has 1 atom stereocenters. The van der Waals surface area contributed by atoms with Crippen LogP contribution in [-0.4, -0.2) is 23.4 Å². The summed E-state index contributed by atoms with van der Waals surface area (Å²) in [7, 11) is 0. The minimum absolute atomic E-state index is 0.284. The molecule has 0 spiro atoms. The highest BCUT2D eigenvalue weighted by Gasteiger charge is 2.51. The van der Waals surface area contributed by atoms with E-state index in [0.717, 1.165) is 4.90 Å². The van der Waals surface area contributed by atoms with Crippen LogP contribution in [0.2, 0.25) is 10.0 Å². The maximum absolute atomic E-state index is 12.5. The van der Waals surface area contributed by atoms with Crippen LogP contribution in [0.4, 0.5) is 4.79 Å². The first-order valence-electron chi connectivity index (χ1n) is 5.93. The maximum atomic E-state index is 12.5. The molecule has 104 valence electrons. The molecule has 7 heteroatoms. The summed E-state index contributed by atoms with van der Waals surface area (Å²) >= 11 is 11.8. The molecule has 0 saturated carbocycles. The fourth-order valence-electron chi connectivity index (χ4n) is 2.24. The smallest absolute Gasteiger partial charge is 0.319 e. The van der Waals surface area contributed by atoms with Crippen molar-refractivity contribution < 1.29 is 9.59 Å². The Morgan fingerprint density at radius 2 is 2.05 bits per heavy atom. The van der Waals surface area contributed by atoms with E-state index in [9.17, 15) is 9.59 Å². The number of hydrogen-bond donors (Lipinski definition) is 1. The van der Waals surface area contributed by atoms with Crippen LogP contribution in [0.5, 0.6) is 0 Å². The molecular weight excluding hydrogens is 301 g/mol. The number of carbonyl (C=O) groups is 2. The Bertz CT molecular complexity index is 627. The van der Waals surface area contributed by atoms with E-state index in [1.165, 1.54) is 0 Å². The molecular formula is C13H11Cl2N3O2. The topological polar surface area (TPSA) is 73.2 Å². The predicted octanol–water partition coefficient (Wildman–Crippen LogP) is 2.67. The summed E-state index contributed by atoms with van der Waals surface area (Å²) in [4.78, 5) is 25.2. The van der Waals surface area contributed by atoms with Gasteiger partial charge in [0, 0.05) is 0 Å². The molecule has 1 aromatic carbocycles. The largest absolute Gasteiger partial charge is 0.326 e. The summed E-state index contributed by atoms with van der Waals surface area (Å²) in [5.74, 6) is -0.454. The highest BCUT2D eigenvalue weighted by Crippen LogP contribution is 2.35. The second kappa shape index (κ2) is 5.31. The molecule has 0 bridgehead atoms. The van der Waals surface area contributed by atoms with Crippen molar-refractivity contribution in [3.05, 3.63) is 33.8 Å². The number of hydrogen-bond acceptors (Lipinski definition) is 3. The molecule has 2 rings (SSSR count). The van der Waals surface area contributed by atoms with Gasteiger partial charge in [-0.1, -0.05) is 36.2 Å². The average molecular weight is 312 g/mol. The van der Waals surface area contributed by atoms with Crippen molar-refractivity contribution in [2.24, 2.45) is 0 Å². The molecule has 1 fully saturated rings. The van der Waals surface area contributed by atoms with Crippen molar-refractivity contribution in [3.63, 3.8) is 0 Å². The zero-order valence-corrected chi connectivity index (χ0v) is 12.1. The van der Waals surface area contributed by atoms with E-state index in [1.54, 1.807) is 31.2 Å². The molecule has 1 aliphatic heterocycles. The number of halogens is 2. The Hall–Kier alpha value is -1.77. The monoisotopic (exact) mass is 311 g/mol. The van der Waals surface area contributed by atoms with Gasteiger partial charge in [-0.25, -0.2) is 9.69 Å². The summed E-state index contributed by atoms with van der Waals surface area (Å²) in [5, 5.41) is 12.0. The van der Waals surface area contributed by atoms with Gasteiger partial charge in [-0.05, 0) is 24.1 Å². The lowest BCUT2D eigenvalue weighted by Crippen LogP contribution is -2.43. The summed E-state index contributed by atoms with van der Waals surface area (Å²) in [6, 6.07) is 6.00. The number of nitrogens with zero attached hydrogens (tertiary/aromatic N) is 2. The van der Waals surface area contributed by atoms with Crippen molar-refractivity contribution in [1.29, 1.82) is 5.26 Å². The van der Waals surface area contributed by atoms with Gasteiger partial charge in [0.1, 0.15) is 12.1 Å². The Kier molecular flexibility index (Phi) is 3.89. The standard InChI is InChI=1S/C13H11Cl2N3O2/c1-2-13(8-3-4-9(14)10(15)7-8)11(19)18(6-5-16)12(20)17-13/h3-4,7H,2,6H2,1H3,(H,17,20). The Morgan fingerprint density at radius 1 is 1.35 bits per heavy atom. The molecule has 1 aliphatic rings. The van der Waals surface area contributed by atoms with Crippen LogP contribution < -0.4 is 5.32 Å². The summed E-state index contributed by atoms with van der Waals surface area (Å²) in [6.07, 6.45) is 0.345. The predicted molar refractivity (Wildman–Crippen MR) is 74.3 cm³/mol. The second-order valence-corrected chi connectivity index (χ2v) is 5.18. The number of rotatable bonds is 3. The number of benzene rings is 1. The summed E-state index contributed by atoms with van der Waals surface area (Å²) in [6.45, 7) is 1.49. The number of urea groups is 1. The lowest BCUT2D eigenvalue weighted by molar-refractivity contribution is -0.131. The molecule has 1 aromatic rings. The third kappa shape index (κ3) is 2.11. The Morgan fingerprint density at radius 3 is 2.60 bits per heavy atom. The number of amides is 3. The normalized spacial score (nSPS) is 21.8. The van der Waals surface area contributed by atoms with Crippen LogP contribution in [0.1, 0.15) is 18.9 Å². The van der Waals surface area contributed by atoms with Gasteiger partial charge in [-0.2, -0.15) is 5.26 Å². The van der Waals surface area contributed by atoms with Gasteiger partial charge in [-0.3, -0.25) is 4.79 Å². The minimum Gasteiger partial charge on any atom is -0.319 e. The lowest BCUT2D eigenvalue weighted by Gasteiger charge is -2.25. The van der Waals surface area contributed by atoms with Crippen LogP contribution >= 0.6 is 23.2 Å². The van der Waals surface area contributed by atoms with Crippen LogP contribution in [0.25, 0.3) is 0 Å². The number of nitriles is 1. The number of nitrogens with one attached hydrogen (secondary N) is 1.